The lowest BCUT2D eigenvalue weighted by molar-refractivity contribution is -0.154. The highest BCUT2D eigenvalue weighted by Gasteiger charge is 2.26. The average molecular weight is 266 g/mol. The van der Waals surface area contributed by atoms with Crippen molar-refractivity contribution in [2.24, 2.45) is 5.41 Å². The SMILES string of the molecule is CCC(C)(C)C(=O)OCCCCCP(=O)(O)O. The molecule has 5 nitrogen and oxygen atoms in total. The van der Waals surface area contributed by atoms with Crippen LogP contribution in [0.15, 0.2) is 0 Å². The second-order valence-electron chi connectivity index (χ2n) is 4.82. The van der Waals surface area contributed by atoms with E-state index in [1.54, 1.807) is 0 Å². The highest BCUT2D eigenvalue weighted by atomic mass is 31.2. The fourth-order valence-electron chi connectivity index (χ4n) is 1.10. The molecule has 0 bridgehead atoms. The van der Waals surface area contributed by atoms with Crippen LogP contribution in [0.4, 0.5) is 0 Å². The number of esters is 1. The molecular formula is C11H23O5P. The lowest BCUT2D eigenvalue weighted by Gasteiger charge is -2.20. The van der Waals surface area contributed by atoms with Gasteiger partial charge in [0.25, 0.3) is 0 Å². The Bertz CT molecular complexity index is 282. The molecule has 17 heavy (non-hydrogen) atoms. The molecule has 0 saturated carbocycles. The number of hydrogen-bond donors (Lipinski definition) is 2. The molecule has 2 N–H and O–H groups in total. The minimum absolute atomic E-state index is 0.0958. The first kappa shape index (κ1) is 16.6. The number of hydrogen-bond acceptors (Lipinski definition) is 3. The van der Waals surface area contributed by atoms with E-state index in [1.165, 1.54) is 0 Å². The summed E-state index contributed by atoms with van der Waals surface area (Å²) in [6.07, 6.45) is 2.39. The summed E-state index contributed by atoms with van der Waals surface area (Å²) in [7, 11) is -3.87. The van der Waals surface area contributed by atoms with Crippen molar-refractivity contribution < 1.29 is 23.9 Å². The predicted molar refractivity (Wildman–Crippen MR) is 65.8 cm³/mol. The van der Waals surface area contributed by atoms with Gasteiger partial charge in [-0.15, -0.1) is 0 Å². The molecule has 0 aliphatic heterocycles. The van der Waals surface area contributed by atoms with E-state index in [-0.39, 0.29) is 12.1 Å². The monoisotopic (exact) mass is 266 g/mol. The van der Waals surface area contributed by atoms with Crippen LogP contribution in [-0.2, 0) is 14.1 Å². The Labute approximate surface area is 103 Å². The van der Waals surface area contributed by atoms with Gasteiger partial charge >= 0.3 is 13.6 Å². The molecule has 0 unspecified atom stereocenters. The molecule has 0 aliphatic carbocycles. The fraction of sp³-hybridized carbons (Fsp3) is 0.909. The van der Waals surface area contributed by atoms with Gasteiger partial charge in [0.15, 0.2) is 0 Å². The Morgan fingerprint density at radius 2 is 1.82 bits per heavy atom. The molecule has 0 radical (unpaired) electrons. The van der Waals surface area contributed by atoms with E-state index in [9.17, 15) is 9.36 Å². The van der Waals surface area contributed by atoms with E-state index in [1.807, 2.05) is 20.8 Å². The van der Waals surface area contributed by atoms with E-state index in [2.05, 4.69) is 0 Å². The molecule has 102 valence electrons. The van der Waals surface area contributed by atoms with Crippen molar-refractivity contribution in [1.82, 2.24) is 0 Å². The number of unbranched alkanes of at least 4 members (excludes halogenated alkanes) is 2. The van der Waals surface area contributed by atoms with Gasteiger partial charge in [0.2, 0.25) is 0 Å². The molecule has 0 amide bonds. The van der Waals surface area contributed by atoms with Crippen molar-refractivity contribution in [3.8, 4) is 0 Å². The number of carbonyl (C=O) groups excluding carboxylic acids is 1. The van der Waals surface area contributed by atoms with Crippen molar-refractivity contribution in [3.05, 3.63) is 0 Å². The minimum atomic E-state index is -3.87. The van der Waals surface area contributed by atoms with Crippen LogP contribution in [0.3, 0.4) is 0 Å². The zero-order valence-electron chi connectivity index (χ0n) is 10.8. The molecule has 0 rings (SSSR count). The molecule has 0 saturated heterocycles. The molecule has 0 fully saturated rings. The first-order valence-electron chi connectivity index (χ1n) is 5.91. The topological polar surface area (TPSA) is 83.8 Å². The first-order chi connectivity index (χ1) is 7.69. The quantitative estimate of drug-likeness (QED) is 0.400. The number of rotatable bonds is 8. The lowest BCUT2D eigenvalue weighted by atomic mass is 9.91. The third-order valence-electron chi connectivity index (χ3n) is 2.76. The second kappa shape index (κ2) is 7.14. The van der Waals surface area contributed by atoms with Crippen molar-refractivity contribution >= 4 is 13.6 Å². The minimum Gasteiger partial charge on any atom is -0.465 e. The van der Waals surface area contributed by atoms with Gasteiger partial charge in [0.1, 0.15) is 0 Å². The summed E-state index contributed by atoms with van der Waals surface area (Å²) in [6.45, 7) is 5.93. The summed E-state index contributed by atoms with van der Waals surface area (Å²) in [4.78, 5) is 28.8. The van der Waals surface area contributed by atoms with Crippen LogP contribution >= 0.6 is 7.60 Å². The van der Waals surface area contributed by atoms with Crippen LogP contribution in [0.2, 0.25) is 0 Å². The smallest absolute Gasteiger partial charge is 0.325 e. The summed E-state index contributed by atoms with van der Waals surface area (Å²) in [5.74, 6) is -0.213. The summed E-state index contributed by atoms with van der Waals surface area (Å²) in [6, 6.07) is 0. The molecule has 0 aliphatic rings. The highest BCUT2D eigenvalue weighted by Crippen LogP contribution is 2.35. The van der Waals surface area contributed by atoms with Gasteiger partial charge in [-0.1, -0.05) is 6.92 Å². The Morgan fingerprint density at radius 3 is 2.29 bits per heavy atom. The maximum Gasteiger partial charge on any atom is 0.325 e. The van der Waals surface area contributed by atoms with Gasteiger partial charge in [-0.25, -0.2) is 0 Å². The largest absolute Gasteiger partial charge is 0.465 e. The van der Waals surface area contributed by atoms with Gasteiger partial charge in [-0.2, -0.15) is 0 Å². The zero-order valence-corrected chi connectivity index (χ0v) is 11.7. The Kier molecular flexibility index (Phi) is 6.98. The molecule has 0 atom stereocenters. The Morgan fingerprint density at radius 1 is 1.24 bits per heavy atom. The molecule has 0 aromatic carbocycles. The van der Waals surface area contributed by atoms with Crippen LogP contribution in [0, 0.1) is 5.41 Å². The Hall–Kier alpha value is -0.380. The molecule has 0 heterocycles. The summed E-state index contributed by atoms with van der Waals surface area (Å²) >= 11 is 0. The van der Waals surface area contributed by atoms with E-state index >= 15 is 0 Å². The van der Waals surface area contributed by atoms with E-state index < -0.39 is 13.0 Å². The average Bonchev–Trinajstić information content (AvgIpc) is 2.21. The van der Waals surface area contributed by atoms with Crippen LogP contribution in [0.25, 0.3) is 0 Å². The third kappa shape index (κ3) is 8.36. The lowest BCUT2D eigenvalue weighted by Crippen LogP contribution is -2.26. The van der Waals surface area contributed by atoms with Crippen LogP contribution in [0.5, 0.6) is 0 Å². The van der Waals surface area contributed by atoms with Crippen LogP contribution in [0.1, 0.15) is 46.5 Å². The Balaban J connectivity index is 3.60. The summed E-state index contributed by atoms with van der Waals surface area (Å²) in [5.41, 5.74) is -0.452. The fourth-order valence-corrected chi connectivity index (χ4v) is 1.74. The summed E-state index contributed by atoms with van der Waals surface area (Å²) in [5, 5.41) is 0. The van der Waals surface area contributed by atoms with E-state index in [0.29, 0.717) is 25.9 Å². The summed E-state index contributed by atoms with van der Waals surface area (Å²) < 4.78 is 15.6. The highest BCUT2D eigenvalue weighted by molar-refractivity contribution is 7.51. The zero-order chi connectivity index (χ0) is 13.5. The van der Waals surface area contributed by atoms with Gasteiger partial charge in [0.05, 0.1) is 12.0 Å². The number of ether oxygens (including phenoxy) is 1. The predicted octanol–water partition coefficient (Wildman–Crippen LogP) is 2.31. The van der Waals surface area contributed by atoms with Gasteiger partial charge < -0.3 is 14.5 Å². The molecule has 6 heteroatoms. The molecule has 0 aromatic rings. The maximum absolute atomic E-state index is 11.5. The third-order valence-corrected chi connectivity index (χ3v) is 3.66. The van der Waals surface area contributed by atoms with E-state index in [0.717, 1.165) is 6.42 Å². The van der Waals surface area contributed by atoms with E-state index in [4.69, 9.17) is 14.5 Å². The van der Waals surface area contributed by atoms with Crippen molar-refractivity contribution in [2.45, 2.75) is 46.5 Å². The standard InChI is InChI=1S/C11H23O5P/c1-4-11(2,3)10(12)16-8-6-5-7-9-17(13,14)15/h4-9H2,1-3H3,(H2,13,14,15). The molecule has 0 spiro atoms. The maximum atomic E-state index is 11.5. The van der Waals surface area contributed by atoms with Crippen LogP contribution < -0.4 is 0 Å². The van der Waals surface area contributed by atoms with Gasteiger partial charge in [-0.05, 0) is 39.5 Å². The van der Waals surface area contributed by atoms with Crippen LogP contribution in [-0.4, -0.2) is 28.5 Å². The number of carbonyl (C=O) groups is 1. The van der Waals surface area contributed by atoms with Gasteiger partial charge in [0, 0.05) is 6.16 Å². The second-order valence-corrected chi connectivity index (χ2v) is 6.60. The normalized spacial score (nSPS) is 12.5. The van der Waals surface area contributed by atoms with Crippen molar-refractivity contribution in [1.29, 1.82) is 0 Å². The van der Waals surface area contributed by atoms with Crippen molar-refractivity contribution in [2.75, 3.05) is 12.8 Å². The molecule has 0 aromatic heterocycles. The molecular weight excluding hydrogens is 243 g/mol. The van der Waals surface area contributed by atoms with Gasteiger partial charge in [-0.3, -0.25) is 9.36 Å². The first-order valence-corrected chi connectivity index (χ1v) is 7.70. The van der Waals surface area contributed by atoms with Crippen molar-refractivity contribution in [3.63, 3.8) is 0 Å².